The molecule has 0 spiro atoms. The van der Waals surface area contributed by atoms with Gasteiger partial charge < -0.3 is 9.84 Å². The van der Waals surface area contributed by atoms with Crippen LogP contribution in [0.4, 0.5) is 13.2 Å². The van der Waals surface area contributed by atoms with Gasteiger partial charge in [-0.05, 0) is 29.0 Å². The van der Waals surface area contributed by atoms with E-state index in [1.54, 1.807) is 58.0 Å². The average Bonchev–Trinajstić information content (AvgIpc) is 2.94. The minimum absolute atomic E-state index is 0.0187. The Morgan fingerprint density at radius 3 is 2.04 bits per heavy atom. The van der Waals surface area contributed by atoms with E-state index < -0.39 is 34.3 Å². The number of ether oxygens (including phenoxy) is 1. The van der Waals surface area contributed by atoms with Gasteiger partial charge in [-0.2, -0.15) is 13.2 Å². The van der Waals surface area contributed by atoms with E-state index in [9.17, 15) is 23.1 Å². The molecule has 1 aromatic heterocycles. The molecule has 0 saturated heterocycles. The Hall–Kier alpha value is -2.57. The van der Waals surface area contributed by atoms with E-state index in [1.165, 1.54) is 18.2 Å². The molecule has 2 aromatic rings. The maximum Gasteiger partial charge on any atom is 0.398 e. The Morgan fingerprint density at radius 2 is 1.57 bits per heavy atom. The predicted octanol–water partition coefficient (Wildman–Crippen LogP) is 5.66. The number of nitrogens with zero attached hydrogens (tertiary/aromatic N) is 1. The molecule has 0 bridgehead atoms. The number of halogens is 3. The van der Waals surface area contributed by atoms with Crippen molar-refractivity contribution < 1.29 is 27.8 Å². The second-order valence-electron chi connectivity index (χ2n) is 8.15. The first-order valence-electron chi connectivity index (χ1n) is 8.87. The highest BCUT2D eigenvalue weighted by Crippen LogP contribution is 2.83. The number of aliphatic carboxylic acids is 1. The first-order valence-corrected chi connectivity index (χ1v) is 8.87. The lowest BCUT2D eigenvalue weighted by Crippen LogP contribution is -2.39. The van der Waals surface area contributed by atoms with Gasteiger partial charge in [-0.25, -0.2) is 4.98 Å². The van der Waals surface area contributed by atoms with Crippen molar-refractivity contribution >= 4 is 5.97 Å². The van der Waals surface area contributed by atoms with Gasteiger partial charge >= 0.3 is 12.1 Å². The summed E-state index contributed by atoms with van der Waals surface area (Å²) in [6.45, 7) is 6.24. The van der Waals surface area contributed by atoms with Gasteiger partial charge in [-0.1, -0.05) is 52.0 Å². The Bertz CT molecular complexity index is 877. The first-order chi connectivity index (χ1) is 12.9. The van der Waals surface area contributed by atoms with E-state index in [1.807, 2.05) is 0 Å². The summed E-state index contributed by atoms with van der Waals surface area (Å²) in [7, 11) is 0. The van der Waals surface area contributed by atoms with Gasteiger partial charge in [0.1, 0.15) is 11.7 Å². The molecule has 1 atom stereocenters. The molecule has 1 aliphatic rings. The summed E-state index contributed by atoms with van der Waals surface area (Å²) < 4.78 is 48.2. The largest absolute Gasteiger partial charge is 0.481 e. The third-order valence-electron chi connectivity index (χ3n) is 6.58. The van der Waals surface area contributed by atoms with Gasteiger partial charge in [0.2, 0.25) is 5.88 Å². The number of aromatic nitrogens is 1. The molecule has 1 heterocycles. The van der Waals surface area contributed by atoms with Crippen LogP contribution >= 0.6 is 0 Å². The molecule has 1 fully saturated rings. The second-order valence-corrected chi connectivity index (χ2v) is 8.15. The fraction of sp³-hybridized carbons (Fsp3) is 0.429. The standard InChI is InChI=1S/C21H22F3NO3/c1-18(2)19(3,4)20(18,17(26)27)16(21(22,23)24)14-11-8-12-15(25-14)28-13-9-6-5-7-10-13/h5-12,16H,1-4H3,(H,26,27). The number of alkyl halides is 3. The summed E-state index contributed by atoms with van der Waals surface area (Å²) >= 11 is 0. The molecule has 3 rings (SSSR count). The Balaban J connectivity index is 2.10. The van der Waals surface area contributed by atoms with E-state index in [0.717, 1.165) is 0 Å². The number of benzene rings is 1. The molecular weight excluding hydrogens is 371 g/mol. The third kappa shape index (κ3) is 2.67. The summed E-state index contributed by atoms with van der Waals surface area (Å²) in [5.41, 5.74) is -4.55. The highest BCUT2D eigenvalue weighted by atomic mass is 19.4. The topological polar surface area (TPSA) is 59.4 Å². The maximum atomic E-state index is 14.2. The third-order valence-corrected chi connectivity index (χ3v) is 6.58. The lowest BCUT2D eigenvalue weighted by molar-refractivity contribution is -0.186. The number of pyridine rings is 1. The normalized spacial score (nSPS) is 20.2. The molecule has 1 aromatic carbocycles. The molecule has 7 heteroatoms. The van der Waals surface area contributed by atoms with Crippen molar-refractivity contribution in [2.75, 3.05) is 0 Å². The fourth-order valence-corrected chi connectivity index (χ4v) is 4.63. The number of hydrogen-bond donors (Lipinski definition) is 1. The first kappa shape index (κ1) is 20.2. The second kappa shape index (κ2) is 6.22. The van der Waals surface area contributed by atoms with Crippen molar-refractivity contribution in [2.45, 2.75) is 39.8 Å². The Kier molecular flexibility index (Phi) is 4.48. The van der Waals surface area contributed by atoms with Crippen LogP contribution < -0.4 is 4.74 Å². The molecule has 0 radical (unpaired) electrons. The van der Waals surface area contributed by atoms with Crippen molar-refractivity contribution in [3.63, 3.8) is 0 Å². The van der Waals surface area contributed by atoms with Crippen LogP contribution in [0.5, 0.6) is 11.6 Å². The van der Waals surface area contributed by atoms with Gasteiger partial charge in [0.15, 0.2) is 0 Å². The molecule has 4 nitrogen and oxygen atoms in total. The number of hydrogen-bond acceptors (Lipinski definition) is 3. The minimum atomic E-state index is -4.79. The molecule has 1 unspecified atom stereocenters. The highest BCUT2D eigenvalue weighted by Gasteiger charge is 2.87. The Morgan fingerprint density at radius 1 is 1.00 bits per heavy atom. The lowest BCUT2D eigenvalue weighted by Gasteiger charge is -2.30. The van der Waals surface area contributed by atoms with Crippen LogP contribution in [0, 0.1) is 16.2 Å². The highest BCUT2D eigenvalue weighted by molar-refractivity contribution is 5.84. The molecule has 0 aliphatic heterocycles. The molecule has 1 N–H and O–H groups in total. The van der Waals surface area contributed by atoms with Crippen molar-refractivity contribution in [3.05, 3.63) is 54.2 Å². The van der Waals surface area contributed by atoms with Crippen LogP contribution in [-0.4, -0.2) is 22.2 Å². The molecular formula is C21H22F3NO3. The van der Waals surface area contributed by atoms with Gasteiger partial charge in [0, 0.05) is 6.07 Å². The van der Waals surface area contributed by atoms with Crippen LogP contribution in [0.1, 0.15) is 39.3 Å². The molecule has 0 amide bonds. The zero-order chi connectivity index (χ0) is 21.0. The summed E-state index contributed by atoms with van der Waals surface area (Å²) in [6.07, 6.45) is -4.79. The summed E-state index contributed by atoms with van der Waals surface area (Å²) in [6, 6.07) is 12.6. The van der Waals surface area contributed by atoms with E-state index in [-0.39, 0.29) is 11.6 Å². The van der Waals surface area contributed by atoms with Gasteiger partial charge in [-0.15, -0.1) is 0 Å². The van der Waals surface area contributed by atoms with Crippen LogP contribution in [-0.2, 0) is 4.79 Å². The van der Waals surface area contributed by atoms with Crippen molar-refractivity contribution in [1.29, 1.82) is 0 Å². The van der Waals surface area contributed by atoms with Gasteiger partial charge in [-0.3, -0.25) is 4.79 Å². The fourth-order valence-electron chi connectivity index (χ4n) is 4.63. The van der Waals surface area contributed by atoms with Gasteiger partial charge in [0.25, 0.3) is 0 Å². The minimum Gasteiger partial charge on any atom is -0.481 e. The number of carboxylic acids is 1. The SMILES string of the molecule is CC1(C)C(C)(C)C1(C(=O)O)C(c1cccc(Oc2ccccc2)n1)C(F)(F)F. The number of carboxylic acid groups (broad SMARTS) is 1. The molecule has 1 aliphatic carbocycles. The number of carbonyl (C=O) groups is 1. The van der Waals surface area contributed by atoms with Crippen LogP contribution in [0.2, 0.25) is 0 Å². The van der Waals surface area contributed by atoms with E-state index in [4.69, 9.17) is 4.74 Å². The van der Waals surface area contributed by atoms with E-state index in [2.05, 4.69) is 4.98 Å². The zero-order valence-corrected chi connectivity index (χ0v) is 16.0. The van der Waals surface area contributed by atoms with Crippen LogP contribution in [0.15, 0.2) is 48.5 Å². The van der Waals surface area contributed by atoms with Gasteiger partial charge in [0.05, 0.1) is 11.1 Å². The van der Waals surface area contributed by atoms with Crippen LogP contribution in [0.3, 0.4) is 0 Å². The van der Waals surface area contributed by atoms with Crippen molar-refractivity contribution in [3.8, 4) is 11.6 Å². The molecule has 1 saturated carbocycles. The predicted molar refractivity (Wildman–Crippen MR) is 97.2 cm³/mol. The molecule has 150 valence electrons. The van der Waals surface area contributed by atoms with Crippen LogP contribution in [0.25, 0.3) is 0 Å². The zero-order valence-electron chi connectivity index (χ0n) is 16.0. The Labute approximate surface area is 161 Å². The maximum absolute atomic E-state index is 14.2. The van der Waals surface area contributed by atoms with E-state index in [0.29, 0.717) is 5.75 Å². The number of rotatable bonds is 5. The quantitative estimate of drug-likeness (QED) is 0.712. The summed E-state index contributed by atoms with van der Waals surface area (Å²) in [4.78, 5) is 16.2. The van der Waals surface area contributed by atoms with E-state index >= 15 is 0 Å². The monoisotopic (exact) mass is 393 g/mol. The summed E-state index contributed by atoms with van der Waals surface area (Å²) in [5.74, 6) is -3.33. The molecule has 28 heavy (non-hydrogen) atoms. The lowest BCUT2D eigenvalue weighted by atomic mass is 9.77. The van der Waals surface area contributed by atoms with Crippen molar-refractivity contribution in [2.24, 2.45) is 16.2 Å². The van der Waals surface area contributed by atoms with Crippen molar-refractivity contribution in [1.82, 2.24) is 4.98 Å². The summed E-state index contributed by atoms with van der Waals surface area (Å²) in [5, 5.41) is 9.92. The number of para-hydroxylation sites is 1. The smallest absolute Gasteiger partial charge is 0.398 e. The average molecular weight is 393 g/mol.